The fraction of sp³-hybridized carbons (Fsp3) is 0.676. The lowest BCUT2D eigenvalue weighted by molar-refractivity contribution is -0.373. The summed E-state index contributed by atoms with van der Waals surface area (Å²) < 4.78 is 25.3. The van der Waals surface area contributed by atoms with Gasteiger partial charge < -0.3 is 38.8 Å². The number of carbonyl (C=O) groups excluding carboxylic acids is 1. The van der Waals surface area contributed by atoms with Crippen LogP contribution < -0.4 is 14.5 Å². The van der Waals surface area contributed by atoms with Crippen molar-refractivity contribution in [3.8, 4) is 6.01 Å². The van der Waals surface area contributed by atoms with Gasteiger partial charge in [0.1, 0.15) is 24.3 Å². The molecular formula is C37H56N8O6Si. The van der Waals surface area contributed by atoms with Crippen LogP contribution in [0.2, 0.25) is 25.7 Å². The van der Waals surface area contributed by atoms with Crippen LogP contribution in [0.3, 0.4) is 0 Å². The fourth-order valence-corrected chi connectivity index (χ4v) is 8.18. The molecule has 3 aromatic rings. The third-order valence-electron chi connectivity index (χ3n) is 10.5. The van der Waals surface area contributed by atoms with Gasteiger partial charge >= 0.3 is 12.1 Å². The Balaban J connectivity index is 1.09. The first-order chi connectivity index (χ1) is 24.7. The highest BCUT2D eigenvalue weighted by Gasteiger charge is 2.60. The van der Waals surface area contributed by atoms with Crippen molar-refractivity contribution in [2.24, 2.45) is 0 Å². The second-order valence-corrected chi connectivity index (χ2v) is 22.5. The van der Waals surface area contributed by atoms with E-state index in [2.05, 4.69) is 53.4 Å². The zero-order valence-corrected chi connectivity index (χ0v) is 33.0. The van der Waals surface area contributed by atoms with E-state index in [-0.39, 0.29) is 12.2 Å². The minimum absolute atomic E-state index is 0.0596. The van der Waals surface area contributed by atoms with Crippen molar-refractivity contribution < 1.29 is 28.8 Å². The highest BCUT2D eigenvalue weighted by atomic mass is 28.3. The van der Waals surface area contributed by atoms with Gasteiger partial charge in [-0.1, -0.05) is 25.7 Å². The number of benzene rings is 1. The maximum absolute atomic E-state index is 12.8. The van der Waals surface area contributed by atoms with Crippen LogP contribution in [0.25, 0.3) is 10.9 Å². The van der Waals surface area contributed by atoms with E-state index in [1.54, 1.807) is 4.90 Å². The molecule has 14 nitrogen and oxygen atoms in total. The van der Waals surface area contributed by atoms with Gasteiger partial charge in [-0.05, 0) is 58.2 Å². The summed E-state index contributed by atoms with van der Waals surface area (Å²) in [7, 11) is -1.17. The Hall–Kier alpha value is -3.50. The number of hydrogen-bond acceptors (Lipinski definition) is 12. The summed E-state index contributed by atoms with van der Waals surface area (Å²) in [6, 6.07) is 5.79. The standard InChI is InChI=1S/C37H56N8O6Si/c1-26-9-10-30-28(21-38-45(30)25-48-19-20-52(5,6)7)32(26)43-13-11-27-29(22-43)39-34(49-18-8-12-44-23-31-37(44,47)24-50-31)40-33(27)41-14-16-42(17-15-41)35(46)51-36(2,3)4/h9-10,21,31,47H,8,11-20,22-25H2,1-7H3/t31?,37-/m0/s1. The maximum atomic E-state index is 12.8. The second kappa shape index (κ2) is 14.4. The van der Waals surface area contributed by atoms with Crippen molar-refractivity contribution in [1.29, 1.82) is 0 Å². The van der Waals surface area contributed by atoms with Crippen LogP contribution in [-0.2, 0) is 33.9 Å². The molecule has 3 saturated heterocycles. The molecule has 0 spiro atoms. The van der Waals surface area contributed by atoms with Crippen molar-refractivity contribution in [3.63, 3.8) is 0 Å². The van der Waals surface area contributed by atoms with Crippen molar-refractivity contribution in [2.45, 2.75) is 96.9 Å². The third kappa shape index (κ3) is 7.74. The summed E-state index contributed by atoms with van der Waals surface area (Å²) in [5.41, 5.74) is 4.14. The topological polar surface area (TPSA) is 131 Å². The summed E-state index contributed by atoms with van der Waals surface area (Å²) in [5, 5.41) is 16.5. The Labute approximate surface area is 308 Å². The molecular weight excluding hydrogens is 681 g/mol. The minimum atomic E-state index is -1.17. The van der Waals surface area contributed by atoms with Gasteiger partial charge in [0.2, 0.25) is 0 Å². The average molecular weight is 737 g/mol. The van der Waals surface area contributed by atoms with E-state index in [1.165, 1.54) is 5.56 Å². The number of rotatable bonds is 12. The van der Waals surface area contributed by atoms with E-state index in [0.29, 0.717) is 58.7 Å². The fourth-order valence-electron chi connectivity index (χ4n) is 7.43. The van der Waals surface area contributed by atoms with E-state index < -0.39 is 19.4 Å². The molecule has 1 aromatic carbocycles. The van der Waals surface area contributed by atoms with Gasteiger partial charge in [0.15, 0.2) is 5.72 Å². The number of carbonyl (C=O) groups is 1. The number of anilines is 2. The number of aryl methyl sites for hydroxylation is 1. The minimum Gasteiger partial charge on any atom is -0.463 e. The van der Waals surface area contributed by atoms with Crippen molar-refractivity contribution in [1.82, 2.24) is 29.5 Å². The number of aromatic nitrogens is 4. The quantitative estimate of drug-likeness (QED) is 0.211. The number of hydrogen-bond donors (Lipinski definition) is 1. The molecule has 7 rings (SSSR count). The van der Waals surface area contributed by atoms with Crippen LogP contribution in [0.4, 0.5) is 16.3 Å². The summed E-state index contributed by atoms with van der Waals surface area (Å²) in [4.78, 5) is 31.3. The van der Waals surface area contributed by atoms with E-state index in [9.17, 15) is 9.90 Å². The lowest BCUT2D eigenvalue weighted by Gasteiger charge is -2.61. The van der Waals surface area contributed by atoms with Crippen LogP contribution in [0.1, 0.15) is 44.0 Å². The predicted octanol–water partition coefficient (Wildman–Crippen LogP) is 4.24. The van der Waals surface area contributed by atoms with Crippen molar-refractivity contribution in [3.05, 3.63) is 35.2 Å². The SMILES string of the molecule is Cc1ccc2c(cnn2COCC[Si](C)(C)C)c1N1CCc2c(nc(OCCCN3CC4OC[C@]43O)nc2N2CCN(C(=O)OC(C)(C)C)CC2)C1. The number of piperazine rings is 1. The predicted molar refractivity (Wildman–Crippen MR) is 202 cm³/mol. The first-order valence-electron chi connectivity index (χ1n) is 18.8. The molecule has 0 aliphatic carbocycles. The summed E-state index contributed by atoms with van der Waals surface area (Å²) in [6.45, 7) is 22.2. The molecule has 4 aliphatic rings. The van der Waals surface area contributed by atoms with Gasteiger partial charge in [0.05, 0.1) is 42.9 Å². The Morgan fingerprint density at radius 2 is 1.87 bits per heavy atom. The van der Waals surface area contributed by atoms with Gasteiger partial charge in [-0.3, -0.25) is 4.90 Å². The number of morpholine rings is 1. The first-order valence-corrected chi connectivity index (χ1v) is 22.5. The second-order valence-electron chi connectivity index (χ2n) is 16.9. The molecule has 52 heavy (non-hydrogen) atoms. The summed E-state index contributed by atoms with van der Waals surface area (Å²) >= 11 is 0. The Morgan fingerprint density at radius 1 is 1.08 bits per heavy atom. The highest BCUT2D eigenvalue weighted by molar-refractivity contribution is 6.76. The molecule has 284 valence electrons. The van der Waals surface area contributed by atoms with Crippen LogP contribution in [0.15, 0.2) is 18.3 Å². The number of nitrogens with zero attached hydrogens (tertiary/aromatic N) is 8. The number of fused-ring (bicyclic) bond motifs is 3. The summed E-state index contributed by atoms with van der Waals surface area (Å²) in [6.07, 6.45) is 3.13. The number of likely N-dealkylation sites (tertiary alicyclic amines) is 1. The molecule has 3 fully saturated rings. The Morgan fingerprint density at radius 3 is 2.54 bits per heavy atom. The molecule has 1 amide bonds. The molecule has 2 atom stereocenters. The average Bonchev–Trinajstić information content (AvgIpc) is 3.50. The molecule has 0 bridgehead atoms. The normalized spacial score (nSPS) is 22.2. The Bertz CT molecular complexity index is 1770. The molecule has 0 saturated carbocycles. The van der Waals surface area contributed by atoms with Crippen molar-refractivity contribution >= 4 is 36.6 Å². The molecule has 2 aromatic heterocycles. The van der Waals surface area contributed by atoms with Gasteiger partial charge in [0, 0.05) is 71.4 Å². The maximum Gasteiger partial charge on any atom is 0.410 e. The smallest absolute Gasteiger partial charge is 0.410 e. The van der Waals surface area contributed by atoms with Gasteiger partial charge in [-0.25, -0.2) is 9.48 Å². The van der Waals surface area contributed by atoms with Crippen molar-refractivity contribution in [2.75, 3.05) is 75.4 Å². The monoisotopic (exact) mass is 736 g/mol. The molecule has 6 heterocycles. The third-order valence-corrected chi connectivity index (χ3v) is 12.2. The van der Waals surface area contributed by atoms with Gasteiger partial charge in [0.25, 0.3) is 0 Å². The first kappa shape index (κ1) is 36.8. The zero-order valence-electron chi connectivity index (χ0n) is 32.0. The molecule has 0 radical (unpaired) electrons. The van der Waals surface area contributed by atoms with E-state index in [1.807, 2.05) is 31.6 Å². The lowest BCUT2D eigenvalue weighted by atomic mass is 9.89. The zero-order chi connectivity index (χ0) is 36.8. The van der Waals surface area contributed by atoms with E-state index in [4.69, 9.17) is 34.0 Å². The van der Waals surface area contributed by atoms with Gasteiger partial charge in [-0.2, -0.15) is 15.1 Å². The van der Waals surface area contributed by atoms with Crippen LogP contribution in [-0.4, -0.2) is 132 Å². The molecule has 15 heteroatoms. The Kier molecular flexibility index (Phi) is 10.2. The molecule has 1 unspecified atom stereocenters. The number of amides is 1. The largest absolute Gasteiger partial charge is 0.463 e. The number of aliphatic hydroxyl groups is 1. The van der Waals surface area contributed by atoms with Gasteiger partial charge in [-0.15, -0.1) is 0 Å². The summed E-state index contributed by atoms with van der Waals surface area (Å²) in [5.74, 6) is 0.883. The van der Waals surface area contributed by atoms with E-state index in [0.717, 1.165) is 78.8 Å². The lowest BCUT2D eigenvalue weighted by Crippen LogP contribution is -2.80. The van der Waals surface area contributed by atoms with E-state index >= 15 is 0 Å². The molecule has 1 N–H and O–H groups in total. The number of ether oxygens (including phenoxy) is 4. The van der Waals surface area contributed by atoms with Crippen LogP contribution >= 0.6 is 0 Å². The molecule has 4 aliphatic heterocycles. The van der Waals surface area contributed by atoms with Crippen LogP contribution in [0.5, 0.6) is 6.01 Å². The van der Waals surface area contributed by atoms with Crippen LogP contribution in [0, 0.1) is 6.92 Å². The highest BCUT2D eigenvalue weighted by Crippen LogP contribution is 2.39.